The fraction of sp³-hybridized carbons (Fsp3) is 0.368. The fourth-order valence-corrected chi connectivity index (χ4v) is 3.13. The van der Waals surface area contributed by atoms with Gasteiger partial charge in [-0.25, -0.2) is 4.98 Å². The number of carbonyl (C=O) groups excluding carboxylic acids is 1. The Balaban J connectivity index is 1.73. The van der Waals surface area contributed by atoms with Crippen molar-refractivity contribution >= 4 is 5.91 Å². The molecule has 0 bridgehead atoms. The Morgan fingerprint density at radius 3 is 2.96 bits per heavy atom. The smallest absolute Gasteiger partial charge is 0.254 e. The SMILES string of the molecule is COCCOc1cc(C(=O)N(C)C2CCc3ccccc32)ccn1. The molecule has 5 nitrogen and oxygen atoms in total. The molecule has 126 valence electrons. The van der Waals surface area contributed by atoms with Gasteiger partial charge in [-0.1, -0.05) is 24.3 Å². The van der Waals surface area contributed by atoms with Gasteiger partial charge in [0.1, 0.15) is 6.61 Å². The van der Waals surface area contributed by atoms with Gasteiger partial charge in [0, 0.05) is 32.0 Å². The molecule has 0 fully saturated rings. The molecule has 24 heavy (non-hydrogen) atoms. The van der Waals surface area contributed by atoms with Crippen LogP contribution in [0.2, 0.25) is 0 Å². The van der Waals surface area contributed by atoms with E-state index in [4.69, 9.17) is 9.47 Å². The number of aromatic nitrogens is 1. The molecule has 0 N–H and O–H groups in total. The Morgan fingerprint density at radius 1 is 1.29 bits per heavy atom. The number of rotatable bonds is 6. The van der Waals surface area contributed by atoms with Crippen molar-refractivity contribution in [3.05, 3.63) is 59.3 Å². The van der Waals surface area contributed by atoms with Crippen molar-refractivity contribution in [3.63, 3.8) is 0 Å². The molecule has 1 aromatic carbocycles. The zero-order valence-electron chi connectivity index (χ0n) is 14.1. The maximum atomic E-state index is 12.8. The van der Waals surface area contributed by atoms with E-state index in [-0.39, 0.29) is 11.9 Å². The van der Waals surface area contributed by atoms with Crippen LogP contribution in [-0.4, -0.2) is 43.2 Å². The lowest BCUT2D eigenvalue weighted by molar-refractivity contribution is 0.0729. The highest BCUT2D eigenvalue weighted by atomic mass is 16.5. The van der Waals surface area contributed by atoms with Crippen molar-refractivity contribution in [1.82, 2.24) is 9.88 Å². The summed E-state index contributed by atoms with van der Waals surface area (Å²) in [4.78, 5) is 18.8. The predicted octanol–water partition coefficient (Wildman–Crippen LogP) is 2.87. The topological polar surface area (TPSA) is 51.7 Å². The van der Waals surface area contributed by atoms with E-state index in [9.17, 15) is 4.79 Å². The van der Waals surface area contributed by atoms with E-state index in [1.165, 1.54) is 11.1 Å². The minimum absolute atomic E-state index is 0.0179. The third kappa shape index (κ3) is 3.41. The number of ether oxygens (including phenoxy) is 2. The van der Waals surface area contributed by atoms with Gasteiger partial charge >= 0.3 is 0 Å². The normalized spacial score (nSPS) is 15.8. The van der Waals surface area contributed by atoms with Crippen LogP contribution in [0.4, 0.5) is 0 Å². The Bertz CT molecular complexity index is 717. The van der Waals surface area contributed by atoms with Crippen molar-refractivity contribution in [1.29, 1.82) is 0 Å². The second-order valence-electron chi connectivity index (χ2n) is 5.89. The Labute approximate surface area is 142 Å². The van der Waals surface area contributed by atoms with Gasteiger partial charge in [-0.05, 0) is 30.0 Å². The van der Waals surface area contributed by atoms with E-state index in [2.05, 4.69) is 23.2 Å². The summed E-state index contributed by atoms with van der Waals surface area (Å²) in [7, 11) is 3.48. The molecule has 1 aromatic heterocycles. The molecule has 5 heteroatoms. The van der Waals surface area contributed by atoms with E-state index in [0.717, 1.165) is 12.8 Å². The summed E-state index contributed by atoms with van der Waals surface area (Å²) in [6.45, 7) is 0.894. The van der Waals surface area contributed by atoms with Crippen molar-refractivity contribution in [2.45, 2.75) is 18.9 Å². The van der Waals surface area contributed by atoms with E-state index in [1.807, 2.05) is 18.0 Å². The molecular formula is C19H22N2O3. The summed E-state index contributed by atoms with van der Waals surface area (Å²) in [6, 6.07) is 11.9. The molecule has 1 amide bonds. The summed E-state index contributed by atoms with van der Waals surface area (Å²) < 4.78 is 10.4. The Morgan fingerprint density at radius 2 is 2.12 bits per heavy atom. The van der Waals surface area contributed by atoms with Crippen LogP contribution in [0.5, 0.6) is 5.88 Å². The molecule has 0 aliphatic heterocycles. The summed E-state index contributed by atoms with van der Waals surface area (Å²) in [5.41, 5.74) is 3.17. The number of pyridine rings is 1. The molecule has 2 aromatic rings. The van der Waals surface area contributed by atoms with E-state index in [1.54, 1.807) is 25.4 Å². The maximum Gasteiger partial charge on any atom is 0.254 e. The number of amides is 1. The molecule has 0 saturated heterocycles. The van der Waals surface area contributed by atoms with Gasteiger partial charge in [-0.15, -0.1) is 0 Å². The van der Waals surface area contributed by atoms with E-state index >= 15 is 0 Å². The third-order valence-electron chi connectivity index (χ3n) is 4.41. The first-order valence-corrected chi connectivity index (χ1v) is 8.13. The fourth-order valence-electron chi connectivity index (χ4n) is 3.13. The van der Waals surface area contributed by atoms with Crippen LogP contribution in [0.15, 0.2) is 42.6 Å². The zero-order chi connectivity index (χ0) is 16.9. The average molecular weight is 326 g/mol. The molecule has 0 saturated carbocycles. The molecule has 3 rings (SSSR count). The second-order valence-corrected chi connectivity index (χ2v) is 5.89. The monoisotopic (exact) mass is 326 g/mol. The summed E-state index contributed by atoms with van der Waals surface area (Å²) >= 11 is 0. The van der Waals surface area contributed by atoms with Gasteiger partial charge in [-0.2, -0.15) is 0 Å². The van der Waals surface area contributed by atoms with Gasteiger partial charge < -0.3 is 14.4 Å². The number of nitrogens with zero attached hydrogens (tertiary/aromatic N) is 2. The number of carbonyl (C=O) groups is 1. The van der Waals surface area contributed by atoms with Gasteiger partial charge in [0.05, 0.1) is 12.6 Å². The summed E-state index contributed by atoms with van der Waals surface area (Å²) in [5.74, 6) is 0.425. The first-order chi connectivity index (χ1) is 11.7. The number of hydrogen-bond donors (Lipinski definition) is 0. The molecule has 1 aliphatic carbocycles. The van der Waals surface area contributed by atoms with Crippen LogP contribution in [0, 0.1) is 0 Å². The van der Waals surface area contributed by atoms with E-state index in [0.29, 0.717) is 24.7 Å². The summed E-state index contributed by atoms with van der Waals surface area (Å²) in [6.07, 6.45) is 3.58. The second kappa shape index (κ2) is 7.45. The third-order valence-corrected chi connectivity index (χ3v) is 4.41. The van der Waals surface area contributed by atoms with Crippen molar-refractivity contribution in [2.24, 2.45) is 0 Å². The van der Waals surface area contributed by atoms with Gasteiger partial charge in [0.2, 0.25) is 5.88 Å². The molecule has 0 spiro atoms. The van der Waals surface area contributed by atoms with Crippen molar-refractivity contribution in [2.75, 3.05) is 27.4 Å². The van der Waals surface area contributed by atoms with Crippen molar-refractivity contribution < 1.29 is 14.3 Å². The Hall–Kier alpha value is -2.40. The van der Waals surface area contributed by atoms with Gasteiger partial charge in [0.15, 0.2) is 0 Å². The molecule has 1 aliphatic rings. The van der Waals surface area contributed by atoms with Gasteiger partial charge in [0.25, 0.3) is 5.91 Å². The quantitative estimate of drug-likeness (QED) is 0.766. The van der Waals surface area contributed by atoms with Crippen LogP contribution in [-0.2, 0) is 11.2 Å². The van der Waals surface area contributed by atoms with Crippen molar-refractivity contribution in [3.8, 4) is 5.88 Å². The van der Waals surface area contributed by atoms with Crippen LogP contribution >= 0.6 is 0 Å². The van der Waals surface area contributed by atoms with E-state index < -0.39 is 0 Å². The molecule has 1 heterocycles. The molecular weight excluding hydrogens is 304 g/mol. The van der Waals surface area contributed by atoms with Gasteiger partial charge in [-0.3, -0.25) is 4.79 Å². The number of methoxy groups -OCH3 is 1. The van der Waals surface area contributed by atoms with Crippen LogP contribution in [0.25, 0.3) is 0 Å². The lowest BCUT2D eigenvalue weighted by Crippen LogP contribution is -2.30. The van der Waals surface area contributed by atoms with Crippen LogP contribution < -0.4 is 4.74 Å². The lowest BCUT2D eigenvalue weighted by atomic mass is 10.1. The highest BCUT2D eigenvalue weighted by Gasteiger charge is 2.28. The number of fused-ring (bicyclic) bond motifs is 1. The first kappa shape index (κ1) is 16.5. The zero-order valence-corrected chi connectivity index (χ0v) is 14.1. The van der Waals surface area contributed by atoms with Crippen LogP contribution in [0.3, 0.4) is 0 Å². The summed E-state index contributed by atoms with van der Waals surface area (Å²) in [5, 5.41) is 0. The number of hydrogen-bond acceptors (Lipinski definition) is 4. The minimum atomic E-state index is -0.0179. The minimum Gasteiger partial charge on any atom is -0.475 e. The highest BCUT2D eigenvalue weighted by Crippen LogP contribution is 2.35. The number of aryl methyl sites for hydroxylation is 1. The maximum absolute atomic E-state index is 12.8. The predicted molar refractivity (Wildman–Crippen MR) is 91.2 cm³/mol. The molecule has 1 unspecified atom stereocenters. The highest BCUT2D eigenvalue weighted by molar-refractivity contribution is 5.94. The number of benzene rings is 1. The largest absolute Gasteiger partial charge is 0.475 e. The molecule has 1 atom stereocenters. The standard InChI is InChI=1S/C19H22N2O3/c1-21(17-8-7-14-5-3-4-6-16(14)17)19(22)15-9-10-20-18(13-15)24-12-11-23-2/h3-6,9-10,13,17H,7-8,11-12H2,1-2H3. The first-order valence-electron chi connectivity index (χ1n) is 8.13. The lowest BCUT2D eigenvalue weighted by Gasteiger charge is -2.25. The van der Waals surface area contributed by atoms with Crippen LogP contribution in [0.1, 0.15) is 33.9 Å². The average Bonchev–Trinajstić information content (AvgIpc) is 3.05. The Kier molecular flexibility index (Phi) is 5.11. The molecule has 0 radical (unpaired) electrons.